The number of carbonyl (C=O) groups is 1. The lowest BCUT2D eigenvalue weighted by atomic mass is 9.99. The number of methoxy groups -OCH3 is 1. The summed E-state index contributed by atoms with van der Waals surface area (Å²) >= 11 is 0. The van der Waals surface area contributed by atoms with Crippen LogP contribution < -0.4 is 15.0 Å². The molecule has 0 fully saturated rings. The Morgan fingerprint density at radius 2 is 2.12 bits per heavy atom. The molecular weight excluding hydrogens is 432 g/mol. The van der Waals surface area contributed by atoms with Crippen LogP contribution in [-0.2, 0) is 17.8 Å². The van der Waals surface area contributed by atoms with Crippen LogP contribution in [0.25, 0.3) is 0 Å². The van der Waals surface area contributed by atoms with E-state index in [1.165, 1.54) is 17.3 Å². The summed E-state index contributed by atoms with van der Waals surface area (Å²) in [4.78, 5) is 24.9. The third kappa shape index (κ3) is 3.78. The summed E-state index contributed by atoms with van der Waals surface area (Å²) in [5.74, 6) is -0.257. The van der Waals surface area contributed by atoms with E-state index in [1.807, 2.05) is 24.3 Å². The first kappa shape index (κ1) is 21.7. The zero-order valence-electron chi connectivity index (χ0n) is 18.9. The van der Waals surface area contributed by atoms with Crippen LogP contribution in [-0.4, -0.2) is 53.2 Å². The Morgan fingerprint density at radius 1 is 1.29 bits per heavy atom. The third-order valence-electron chi connectivity index (χ3n) is 6.38. The van der Waals surface area contributed by atoms with Crippen LogP contribution in [0, 0.1) is 11.3 Å². The largest absolute Gasteiger partial charge is 0.495 e. The van der Waals surface area contributed by atoms with Crippen molar-refractivity contribution in [3.63, 3.8) is 0 Å². The predicted molar refractivity (Wildman–Crippen MR) is 127 cm³/mol. The number of benzene rings is 2. The molecule has 0 saturated carbocycles. The van der Waals surface area contributed by atoms with Gasteiger partial charge in [0.25, 0.3) is 0 Å². The lowest BCUT2D eigenvalue weighted by molar-refractivity contribution is -0.138. The van der Waals surface area contributed by atoms with Gasteiger partial charge in [0.2, 0.25) is 5.95 Å². The van der Waals surface area contributed by atoms with Crippen molar-refractivity contribution in [2.24, 2.45) is 0 Å². The Morgan fingerprint density at radius 3 is 2.88 bits per heavy atom. The summed E-state index contributed by atoms with van der Waals surface area (Å²) in [6.07, 6.45) is 2.42. The van der Waals surface area contributed by atoms with Crippen molar-refractivity contribution in [3.05, 3.63) is 64.8 Å². The van der Waals surface area contributed by atoms with Gasteiger partial charge in [0.1, 0.15) is 23.3 Å². The first-order chi connectivity index (χ1) is 16.5. The Hall–Kier alpha value is -4.16. The van der Waals surface area contributed by atoms with Gasteiger partial charge in [0, 0.05) is 25.3 Å². The van der Waals surface area contributed by atoms with Crippen LogP contribution in [0.3, 0.4) is 0 Å². The fraction of sp³-hybridized carbons (Fsp3) is 0.280. The van der Waals surface area contributed by atoms with Crippen LogP contribution in [0.5, 0.6) is 5.75 Å². The average molecular weight is 457 g/mol. The van der Waals surface area contributed by atoms with Crippen LogP contribution in [0.15, 0.2) is 42.6 Å². The number of aliphatic carboxylic acids is 1. The van der Waals surface area contributed by atoms with Crippen LogP contribution in [0.2, 0.25) is 0 Å². The molecule has 0 spiro atoms. The summed E-state index contributed by atoms with van der Waals surface area (Å²) in [6.45, 7) is 2.03. The fourth-order valence-electron chi connectivity index (χ4n) is 4.65. The highest BCUT2D eigenvalue weighted by molar-refractivity contribution is 5.86. The van der Waals surface area contributed by atoms with Crippen LogP contribution >= 0.6 is 0 Å². The highest BCUT2D eigenvalue weighted by Crippen LogP contribution is 2.41. The second kappa shape index (κ2) is 8.65. The number of hydrogen-bond acceptors (Lipinski definition) is 8. The average Bonchev–Trinajstić information content (AvgIpc) is 3.23. The molecule has 1 unspecified atom stereocenters. The second-order valence-corrected chi connectivity index (χ2v) is 8.54. The van der Waals surface area contributed by atoms with E-state index in [-0.39, 0.29) is 12.1 Å². The number of para-hydroxylation sites is 1. The molecule has 0 amide bonds. The molecule has 1 aromatic heterocycles. The Kier molecular flexibility index (Phi) is 5.51. The number of anilines is 4. The number of hydrogen-bond donors (Lipinski definition) is 2. The number of aromatic nitrogens is 2. The van der Waals surface area contributed by atoms with Gasteiger partial charge in [-0.1, -0.05) is 18.2 Å². The van der Waals surface area contributed by atoms with Gasteiger partial charge in [0.15, 0.2) is 5.82 Å². The predicted octanol–water partition coefficient (Wildman–Crippen LogP) is 3.41. The molecule has 0 saturated heterocycles. The Balaban J connectivity index is 1.53. The van der Waals surface area contributed by atoms with Gasteiger partial charge in [-0.2, -0.15) is 10.2 Å². The molecule has 0 radical (unpaired) electrons. The fourth-order valence-corrected chi connectivity index (χ4v) is 4.65. The maximum Gasteiger partial charge on any atom is 0.312 e. The number of likely N-dealkylation sites (N-methyl/N-ethyl adjacent to an activating group) is 1. The number of nitrogens with zero attached hydrogens (tertiary/aromatic N) is 5. The topological polar surface area (TPSA) is 115 Å². The van der Waals surface area contributed by atoms with Crippen molar-refractivity contribution in [2.75, 3.05) is 37.5 Å². The number of fused-ring (bicyclic) bond motifs is 2. The van der Waals surface area contributed by atoms with E-state index in [1.54, 1.807) is 18.1 Å². The van der Waals surface area contributed by atoms with E-state index in [4.69, 9.17) is 4.74 Å². The lowest BCUT2D eigenvalue weighted by Crippen LogP contribution is -2.26. The van der Waals surface area contributed by atoms with Crippen LogP contribution in [0.1, 0.15) is 28.2 Å². The normalized spacial score (nSPS) is 17.0. The highest BCUT2D eigenvalue weighted by atomic mass is 16.5. The molecule has 1 atom stereocenters. The summed E-state index contributed by atoms with van der Waals surface area (Å²) < 4.78 is 5.61. The van der Waals surface area contributed by atoms with E-state index in [0.29, 0.717) is 23.1 Å². The summed E-state index contributed by atoms with van der Waals surface area (Å²) in [6, 6.07) is 13.5. The monoisotopic (exact) mass is 456 g/mol. The number of ether oxygens (including phenoxy) is 1. The van der Waals surface area contributed by atoms with E-state index in [9.17, 15) is 15.2 Å². The van der Waals surface area contributed by atoms with E-state index in [2.05, 4.69) is 39.4 Å². The van der Waals surface area contributed by atoms with Gasteiger partial charge in [-0.3, -0.25) is 4.79 Å². The molecule has 0 bridgehead atoms. The molecule has 0 aliphatic carbocycles. The molecule has 3 heterocycles. The zero-order valence-corrected chi connectivity index (χ0v) is 18.9. The van der Waals surface area contributed by atoms with Crippen LogP contribution in [0.4, 0.5) is 23.1 Å². The molecule has 172 valence electrons. The van der Waals surface area contributed by atoms with Crippen molar-refractivity contribution < 1.29 is 14.6 Å². The number of rotatable bonds is 5. The standard InChI is InChI=1S/C25H24N6O3/c1-30-8-7-15-10-22(34-2)20(9-16(15)13-30)28-25-27-12-17(11-26)23(29-25)31-14-19(24(32)33)18-5-3-4-6-21(18)31/h3-6,9-10,12,19H,7-8,13-14H2,1-2H3,(H,32,33)(H,27,28,29). The molecule has 2 N–H and O–H groups in total. The molecule has 9 heteroatoms. The van der Waals surface area contributed by atoms with Gasteiger partial charge >= 0.3 is 5.97 Å². The molecule has 34 heavy (non-hydrogen) atoms. The summed E-state index contributed by atoms with van der Waals surface area (Å²) in [7, 11) is 3.72. The molecule has 2 aromatic carbocycles. The van der Waals surface area contributed by atoms with Crippen molar-refractivity contribution >= 4 is 29.1 Å². The summed E-state index contributed by atoms with van der Waals surface area (Å²) in [5.41, 5.74) is 4.90. The van der Waals surface area contributed by atoms with Crippen molar-refractivity contribution in [3.8, 4) is 11.8 Å². The molecule has 5 rings (SSSR count). The van der Waals surface area contributed by atoms with Gasteiger partial charge in [-0.15, -0.1) is 0 Å². The smallest absolute Gasteiger partial charge is 0.312 e. The highest BCUT2D eigenvalue weighted by Gasteiger charge is 2.35. The quantitative estimate of drug-likeness (QED) is 0.596. The number of carboxylic acid groups (broad SMARTS) is 1. The Bertz CT molecular complexity index is 1320. The summed E-state index contributed by atoms with van der Waals surface area (Å²) in [5, 5.41) is 22.7. The maximum absolute atomic E-state index is 11.9. The minimum absolute atomic E-state index is 0.189. The van der Waals surface area contributed by atoms with Gasteiger partial charge < -0.3 is 25.0 Å². The molecule has 9 nitrogen and oxygen atoms in total. The first-order valence-electron chi connectivity index (χ1n) is 11.0. The van der Waals surface area contributed by atoms with E-state index in [0.717, 1.165) is 30.9 Å². The maximum atomic E-state index is 11.9. The van der Waals surface area contributed by atoms with E-state index < -0.39 is 11.9 Å². The Labute approximate surface area is 197 Å². The van der Waals surface area contributed by atoms with Gasteiger partial charge in [0.05, 0.1) is 19.0 Å². The zero-order chi connectivity index (χ0) is 23.8. The number of nitrogens with one attached hydrogen (secondary N) is 1. The molecule has 2 aliphatic heterocycles. The molecule has 3 aromatic rings. The second-order valence-electron chi connectivity index (χ2n) is 8.54. The van der Waals surface area contributed by atoms with Crippen molar-refractivity contribution in [1.29, 1.82) is 5.26 Å². The first-order valence-corrected chi connectivity index (χ1v) is 11.0. The number of carboxylic acids is 1. The minimum atomic E-state index is -0.912. The molecular formula is C25H24N6O3. The van der Waals surface area contributed by atoms with E-state index >= 15 is 0 Å². The minimum Gasteiger partial charge on any atom is -0.495 e. The lowest BCUT2D eigenvalue weighted by Gasteiger charge is -2.26. The van der Waals surface area contributed by atoms with Crippen molar-refractivity contribution in [2.45, 2.75) is 18.9 Å². The SMILES string of the molecule is COc1cc2c(cc1Nc1ncc(C#N)c(N3CC(C(=O)O)c4ccccc43)n1)CN(C)CC2. The van der Waals surface area contributed by atoms with Crippen molar-refractivity contribution in [1.82, 2.24) is 14.9 Å². The molecule has 2 aliphatic rings. The van der Waals surface area contributed by atoms with Gasteiger partial charge in [-0.05, 0) is 48.4 Å². The third-order valence-corrected chi connectivity index (χ3v) is 6.38. The number of nitriles is 1. The van der Waals surface area contributed by atoms with Gasteiger partial charge in [-0.25, -0.2) is 4.98 Å².